The monoisotopic (exact) mass is 357 g/mol. The maximum Gasteiger partial charge on any atom is 0.273 e. The first kappa shape index (κ1) is 18.1. The van der Waals surface area contributed by atoms with E-state index < -0.39 is 0 Å². The average molecular weight is 358 g/mol. The molecule has 1 amide bonds. The summed E-state index contributed by atoms with van der Waals surface area (Å²) in [6, 6.07) is 11.0. The smallest absolute Gasteiger partial charge is 0.273 e. The average Bonchev–Trinajstić information content (AvgIpc) is 3.08. The van der Waals surface area contributed by atoms with E-state index in [4.69, 9.17) is 0 Å². The number of likely N-dealkylation sites (N-methyl/N-ethyl adjacent to an activating group) is 1. The van der Waals surface area contributed by atoms with Crippen LogP contribution in [0.5, 0.6) is 0 Å². The molecule has 0 radical (unpaired) electrons. The largest absolute Gasteiger partial charge is 0.336 e. The van der Waals surface area contributed by atoms with Gasteiger partial charge in [0.25, 0.3) is 5.91 Å². The molecule has 1 aromatic heterocycles. The summed E-state index contributed by atoms with van der Waals surface area (Å²) < 4.78 is 0. The summed E-state index contributed by atoms with van der Waals surface area (Å²) >= 11 is 1.54. The van der Waals surface area contributed by atoms with Gasteiger partial charge in [-0.2, -0.15) is 0 Å². The molecule has 4 nitrogen and oxygen atoms in total. The van der Waals surface area contributed by atoms with Crippen molar-refractivity contribution < 1.29 is 4.79 Å². The Bertz CT molecular complexity index is 685. The number of hydrogen-bond acceptors (Lipinski definition) is 4. The molecule has 1 saturated heterocycles. The standard InChI is InChI=1S/C20H27N3OS/c1-16-21-19(15-25-16)20(24)22(2)18-11-7-13-23(14-18)12-6-10-17-8-4-3-5-9-17/h3-5,8-9,15,18H,6-7,10-14H2,1-2H3. The number of likely N-dealkylation sites (tertiary alicyclic amines) is 1. The molecule has 25 heavy (non-hydrogen) atoms. The first-order chi connectivity index (χ1) is 12.1. The molecule has 2 heterocycles. The van der Waals surface area contributed by atoms with Crippen molar-refractivity contribution in [1.29, 1.82) is 0 Å². The Morgan fingerprint density at radius 2 is 2.16 bits per heavy atom. The Labute approximate surface area is 154 Å². The zero-order valence-electron chi connectivity index (χ0n) is 15.1. The van der Waals surface area contributed by atoms with Gasteiger partial charge in [0, 0.05) is 25.0 Å². The molecule has 1 aromatic carbocycles. The summed E-state index contributed by atoms with van der Waals surface area (Å²) in [5.74, 6) is 0.0560. The van der Waals surface area contributed by atoms with Gasteiger partial charge in [0.05, 0.1) is 5.01 Å². The highest BCUT2D eigenvalue weighted by Gasteiger charge is 2.27. The molecule has 2 aromatic rings. The predicted octanol–water partition coefficient (Wildman–Crippen LogP) is 3.62. The molecule has 1 fully saturated rings. The van der Waals surface area contributed by atoms with E-state index in [0.29, 0.717) is 11.7 Å². The highest BCUT2D eigenvalue weighted by atomic mass is 32.1. The third kappa shape index (κ3) is 4.89. The van der Waals surface area contributed by atoms with Crippen molar-refractivity contribution in [2.75, 3.05) is 26.7 Å². The van der Waals surface area contributed by atoms with E-state index in [0.717, 1.165) is 43.9 Å². The lowest BCUT2D eigenvalue weighted by Crippen LogP contribution is -2.48. The van der Waals surface area contributed by atoms with Gasteiger partial charge < -0.3 is 9.80 Å². The van der Waals surface area contributed by atoms with Crippen LogP contribution in [0.3, 0.4) is 0 Å². The van der Waals surface area contributed by atoms with Crippen LogP contribution in [-0.4, -0.2) is 53.4 Å². The Hall–Kier alpha value is -1.72. The Kier molecular flexibility index (Phi) is 6.21. The zero-order valence-corrected chi connectivity index (χ0v) is 16.0. The third-order valence-electron chi connectivity index (χ3n) is 4.97. The maximum absolute atomic E-state index is 12.6. The fourth-order valence-electron chi connectivity index (χ4n) is 3.51. The molecule has 1 unspecified atom stereocenters. The van der Waals surface area contributed by atoms with E-state index in [1.807, 2.05) is 24.3 Å². The van der Waals surface area contributed by atoms with Crippen LogP contribution in [0, 0.1) is 6.92 Å². The van der Waals surface area contributed by atoms with E-state index in [1.54, 1.807) is 0 Å². The van der Waals surface area contributed by atoms with Gasteiger partial charge in [-0.1, -0.05) is 30.3 Å². The molecular formula is C20H27N3OS. The van der Waals surface area contributed by atoms with Crippen LogP contribution in [-0.2, 0) is 6.42 Å². The number of benzene rings is 1. The van der Waals surface area contributed by atoms with Crippen LogP contribution in [0.15, 0.2) is 35.7 Å². The fourth-order valence-corrected chi connectivity index (χ4v) is 4.10. The minimum atomic E-state index is 0.0560. The minimum absolute atomic E-state index is 0.0560. The van der Waals surface area contributed by atoms with Crippen LogP contribution in [0.4, 0.5) is 0 Å². The first-order valence-electron chi connectivity index (χ1n) is 9.09. The van der Waals surface area contributed by atoms with Crippen molar-refractivity contribution >= 4 is 17.2 Å². The number of nitrogens with zero attached hydrogens (tertiary/aromatic N) is 3. The van der Waals surface area contributed by atoms with Crippen molar-refractivity contribution in [3.63, 3.8) is 0 Å². The Morgan fingerprint density at radius 3 is 2.88 bits per heavy atom. The number of amides is 1. The highest BCUT2D eigenvalue weighted by molar-refractivity contribution is 7.09. The molecule has 134 valence electrons. The molecule has 5 heteroatoms. The summed E-state index contributed by atoms with van der Waals surface area (Å²) in [7, 11) is 1.93. The number of carbonyl (C=O) groups is 1. The highest BCUT2D eigenvalue weighted by Crippen LogP contribution is 2.18. The molecule has 1 atom stereocenters. The molecule has 0 spiro atoms. The zero-order chi connectivity index (χ0) is 17.6. The second-order valence-corrected chi connectivity index (χ2v) is 7.92. The summed E-state index contributed by atoms with van der Waals surface area (Å²) in [5, 5.41) is 2.82. The quantitative estimate of drug-likeness (QED) is 0.792. The molecule has 0 bridgehead atoms. The molecule has 0 saturated carbocycles. The van der Waals surface area contributed by atoms with Crippen molar-refractivity contribution in [2.45, 2.75) is 38.6 Å². The summed E-state index contributed by atoms with van der Waals surface area (Å²) in [6.07, 6.45) is 4.53. The fraction of sp³-hybridized carbons (Fsp3) is 0.500. The minimum Gasteiger partial charge on any atom is -0.336 e. The van der Waals surface area contributed by atoms with Crippen molar-refractivity contribution in [3.05, 3.63) is 52.0 Å². The summed E-state index contributed by atoms with van der Waals surface area (Å²) in [5.41, 5.74) is 1.99. The number of hydrogen-bond donors (Lipinski definition) is 0. The number of aromatic nitrogens is 1. The number of thiazole rings is 1. The topological polar surface area (TPSA) is 36.4 Å². The third-order valence-corrected chi connectivity index (χ3v) is 5.74. The Balaban J connectivity index is 1.49. The Morgan fingerprint density at radius 1 is 1.36 bits per heavy atom. The van der Waals surface area contributed by atoms with E-state index in [9.17, 15) is 4.79 Å². The van der Waals surface area contributed by atoms with Crippen LogP contribution in [0.2, 0.25) is 0 Å². The number of piperidine rings is 1. The molecule has 1 aliphatic rings. The van der Waals surface area contributed by atoms with Crippen LogP contribution < -0.4 is 0 Å². The predicted molar refractivity (Wildman–Crippen MR) is 103 cm³/mol. The van der Waals surface area contributed by atoms with Gasteiger partial charge in [-0.05, 0) is 51.3 Å². The molecule has 0 aliphatic carbocycles. The van der Waals surface area contributed by atoms with E-state index in [2.05, 4.69) is 40.2 Å². The summed E-state index contributed by atoms with van der Waals surface area (Å²) in [4.78, 5) is 21.4. The van der Waals surface area contributed by atoms with Gasteiger partial charge in [-0.3, -0.25) is 4.79 Å². The van der Waals surface area contributed by atoms with Gasteiger partial charge in [0.1, 0.15) is 5.69 Å². The molecule has 1 aliphatic heterocycles. The second kappa shape index (κ2) is 8.59. The molecule has 3 rings (SSSR count). The number of rotatable bonds is 6. The second-order valence-electron chi connectivity index (χ2n) is 6.85. The van der Waals surface area contributed by atoms with Gasteiger partial charge in [0.2, 0.25) is 0 Å². The van der Waals surface area contributed by atoms with Crippen LogP contribution >= 0.6 is 11.3 Å². The molecular weight excluding hydrogens is 330 g/mol. The molecule has 0 N–H and O–H groups in total. The number of aryl methyl sites for hydroxylation is 2. The van der Waals surface area contributed by atoms with E-state index in [1.165, 1.54) is 23.3 Å². The lowest BCUT2D eigenvalue weighted by molar-refractivity contribution is 0.0612. The normalized spacial score (nSPS) is 18.2. The van der Waals surface area contributed by atoms with E-state index in [-0.39, 0.29) is 5.91 Å². The van der Waals surface area contributed by atoms with Crippen molar-refractivity contribution in [2.24, 2.45) is 0 Å². The van der Waals surface area contributed by atoms with Crippen LogP contribution in [0.1, 0.15) is 40.3 Å². The SMILES string of the molecule is Cc1nc(C(=O)N(C)C2CCCN(CCCc3ccccc3)C2)cs1. The van der Waals surface area contributed by atoms with Gasteiger partial charge in [-0.15, -0.1) is 11.3 Å². The van der Waals surface area contributed by atoms with Crippen LogP contribution in [0.25, 0.3) is 0 Å². The lowest BCUT2D eigenvalue weighted by Gasteiger charge is -2.37. The first-order valence-corrected chi connectivity index (χ1v) is 9.97. The summed E-state index contributed by atoms with van der Waals surface area (Å²) in [6.45, 7) is 5.16. The number of carbonyl (C=O) groups excluding carboxylic acids is 1. The van der Waals surface area contributed by atoms with E-state index >= 15 is 0 Å². The van der Waals surface area contributed by atoms with Gasteiger partial charge >= 0.3 is 0 Å². The van der Waals surface area contributed by atoms with Crippen molar-refractivity contribution in [1.82, 2.24) is 14.8 Å². The van der Waals surface area contributed by atoms with Gasteiger partial charge in [-0.25, -0.2) is 4.98 Å². The maximum atomic E-state index is 12.6. The lowest BCUT2D eigenvalue weighted by atomic mass is 10.0. The van der Waals surface area contributed by atoms with Gasteiger partial charge in [0.15, 0.2) is 0 Å². The van der Waals surface area contributed by atoms with Crippen molar-refractivity contribution in [3.8, 4) is 0 Å².